The molecular weight excluding hydrogens is 244 g/mol. The van der Waals surface area contributed by atoms with Crippen molar-refractivity contribution in [3.8, 4) is 0 Å². The van der Waals surface area contributed by atoms with Crippen LogP contribution in [0, 0.1) is 5.41 Å². The van der Waals surface area contributed by atoms with Gasteiger partial charge in [-0.1, -0.05) is 51.1 Å². The second-order valence-electron chi connectivity index (χ2n) is 5.57. The van der Waals surface area contributed by atoms with Gasteiger partial charge in [0.2, 0.25) is 0 Å². The quantitative estimate of drug-likeness (QED) is 0.779. The predicted molar refractivity (Wildman–Crippen MR) is 72.8 cm³/mol. The van der Waals surface area contributed by atoms with Crippen LogP contribution in [0.3, 0.4) is 0 Å². The monoisotopic (exact) mass is 264 g/mol. The van der Waals surface area contributed by atoms with Gasteiger partial charge in [0.25, 0.3) is 0 Å². The van der Waals surface area contributed by atoms with Crippen molar-refractivity contribution in [2.75, 3.05) is 6.54 Å². The highest BCUT2D eigenvalue weighted by Crippen LogP contribution is 2.13. The van der Waals surface area contributed by atoms with E-state index >= 15 is 0 Å². The van der Waals surface area contributed by atoms with Crippen LogP contribution in [0.25, 0.3) is 0 Å². The summed E-state index contributed by atoms with van der Waals surface area (Å²) < 4.78 is 0. The van der Waals surface area contributed by atoms with Crippen LogP contribution in [0.15, 0.2) is 30.3 Å². The Hall–Kier alpha value is -2.04. The molecule has 0 heterocycles. The molecule has 0 saturated carbocycles. The Morgan fingerprint density at radius 1 is 1.21 bits per heavy atom. The van der Waals surface area contributed by atoms with Crippen molar-refractivity contribution in [1.29, 1.82) is 0 Å². The number of carboxylic acid groups (broad SMARTS) is 1. The van der Waals surface area contributed by atoms with Crippen LogP contribution in [0.4, 0.5) is 4.79 Å². The minimum absolute atomic E-state index is 0.0528. The Labute approximate surface area is 113 Å². The SMILES string of the molecule is CC(C)(C)CNC(=O)NC(C(=O)O)c1ccccc1. The minimum atomic E-state index is -1.09. The minimum Gasteiger partial charge on any atom is -0.479 e. The summed E-state index contributed by atoms with van der Waals surface area (Å²) in [4.78, 5) is 22.9. The number of rotatable bonds is 4. The summed E-state index contributed by atoms with van der Waals surface area (Å²) in [5.74, 6) is -1.09. The van der Waals surface area contributed by atoms with E-state index in [0.29, 0.717) is 12.1 Å². The van der Waals surface area contributed by atoms with Gasteiger partial charge in [-0.3, -0.25) is 0 Å². The van der Waals surface area contributed by atoms with Crippen molar-refractivity contribution in [3.63, 3.8) is 0 Å². The number of aliphatic carboxylic acids is 1. The average Bonchev–Trinajstić information content (AvgIpc) is 2.33. The molecule has 1 aromatic rings. The molecule has 19 heavy (non-hydrogen) atoms. The predicted octanol–water partition coefficient (Wildman–Crippen LogP) is 2.16. The number of carbonyl (C=O) groups is 2. The molecule has 1 unspecified atom stereocenters. The maximum absolute atomic E-state index is 11.7. The Balaban J connectivity index is 2.65. The Kier molecular flexibility index (Phi) is 4.92. The van der Waals surface area contributed by atoms with Crippen LogP contribution < -0.4 is 10.6 Å². The van der Waals surface area contributed by atoms with Gasteiger partial charge in [-0.05, 0) is 11.0 Å². The van der Waals surface area contributed by atoms with E-state index in [9.17, 15) is 9.59 Å². The summed E-state index contributed by atoms with van der Waals surface area (Å²) in [5.41, 5.74) is 0.490. The highest BCUT2D eigenvalue weighted by atomic mass is 16.4. The third kappa shape index (κ3) is 5.42. The van der Waals surface area contributed by atoms with Crippen molar-refractivity contribution in [2.45, 2.75) is 26.8 Å². The van der Waals surface area contributed by atoms with Crippen molar-refractivity contribution in [2.24, 2.45) is 5.41 Å². The van der Waals surface area contributed by atoms with E-state index < -0.39 is 18.0 Å². The van der Waals surface area contributed by atoms with Crippen molar-refractivity contribution in [3.05, 3.63) is 35.9 Å². The highest BCUT2D eigenvalue weighted by Gasteiger charge is 2.22. The molecule has 1 aromatic carbocycles. The van der Waals surface area contributed by atoms with E-state index in [1.807, 2.05) is 20.8 Å². The molecule has 0 aliphatic heterocycles. The average molecular weight is 264 g/mol. The van der Waals surface area contributed by atoms with E-state index in [4.69, 9.17) is 5.11 Å². The lowest BCUT2D eigenvalue weighted by Crippen LogP contribution is -2.43. The van der Waals surface area contributed by atoms with Crippen LogP contribution >= 0.6 is 0 Å². The molecule has 0 spiro atoms. The van der Waals surface area contributed by atoms with Crippen LogP contribution in [0.2, 0.25) is 0 Å². The lowest BCUT2D eigenvalue weighted by Gasteiger charge is -2.20. The molecule has 0 bridgehead atoms. The molecule has 3 N–H and O–H groups in total. The first-order valence-electron chi connectivity index (χ1n) is 6.12. The number of nitrogens with one attached hydrogen (secondary N) is 2. The van der Waals surface area contributed by atoms with Crippen LogP contribution in [-0.2, 0) is 4.79 Å². The summed E-state index contributed by atoms with van der Waals surface area (Å²) in [7, 11) is 0. The van der Waals surface area contributed by atoms with Gasteiger partial charge in [0.1, 0.15) is 0 Å². The topological polar surface area (TPSA) is 78.4 Å². The molecule has 1 rings (SSSR count). The van der Waals surface area contributed by atoms with Gasteiger partial charge < -0.3 is 15.7 Å². The van der Waals surface area contributed by atoms with Gasteiger partial charge in [-0.25, -0.2) is 9.59 Å². The van der Waals surface area contributed by atoms with Crippen LogP contribution in [0.5, 0.6) is 0 Å². The molecule has 0 aromatic heterocycles. The zero-order valence-corrected chi connectivity index (χ0v) is 11.4. The lowest BCUT2D eigenvalue weighted by atomic mass is 9.97. The fraction of sp³-hybridized carbons (Fsp3) is 0.429. The zero-order valence-electron chi connectivity index (χ0n) is 11.4. The Morgan fingerprint density at radius 2 is 1.79 bits per heavy atom. The van der Waals surface area contributed by atoms with Gasteiger partial charge in [-0.2, -0.15) is 0 Å². The number of hydrogen-bond donors (Lipinski definition) is 3. The molecule has 0 aliphatic rings. The normalized spacial score (nSPS) is 12.6. The summed E-state index contributed by atoms with van der Waals surface area (Å²) in [6.45, 7) is 6.43. The Bertz CT molecular complexity index is 438. The van der Waals surface area contributed by atoms with E-state index in [-0.39, 0.29) is 5.41 Å². The first-order chi connectivity index (χ1) is 8.79. The first-order valence-corrected chi connectivity index (χ1v) is 6.12. The van der Waals surface area contributed by atoms with E-state index in [2.05, 4.69) is 10.6 Å². The molecule has 0 aliphatic carbocycles. The summed E-state index contributed by atoms with van der Waals surface area (Å²) in [6.07, 6.45) is 0. The largest absolute Gasteiger partial charge is 0.479 e. The molecule has 1 atom stereocenters. The number of benzene rings is 1. The van der Waals surface area contributed by atoms with Crippen molar-refractivity contribution in [1.82, 2.24) is 10.6 Å². The maximum atomic E-state index is 11.7. The molecule has 0 saturated heterocycles. The van der Waals surface area contributed by atoms with Gasteiger partial charge in [0, 0.05) is 6.54 Å². The second kappa shape index (κ2) is 6.22. The highest BCUT2D eigenvalue weighted by molar-refractivity contribution is 5.83. The zero-order chi connectivity index (χ0) is 14.5. The fourth-order valence-electron chi connectivity index (χ4n) is 1.46. The molecule has 0 radical (unpaired) electrons. The van der Waals surface area contributed by atoms with E-state index in [0.717, 1.165) is 0 Å². The standard InChI is InChI=1S/C14H20N2O3/c1-14(2,3)9-15-13(19)16-11(12(17)18)10-7-5-4-6-8-10/h4-8,11H,9H2,1-3H3,(H,17,18)(H2,15,16,19). The third-order valence-electron chi connectivity index (χ3n) is 2.43. The molecule has 2 amide bonds. The van der Waals surface area contributed by atoms with Gasteiger partial charge >= 0.3 is 12.0 Å². The number of hydrogen-bond acceptors (Lipinski definition) is 2. The molecule has 5 nitrogen and oxygen atoms in total. The Morgan fingerprint density at radius 3 is 2.26 bits per heavy atom. The van der Waals surface area contributed by atoms with Crippen molar-refractivity contribution < 1.29 is 14.7 Å². The van der Waals surface area contributed by atoms with Crippen LogP contribution in [0.1, 0.15) is 32.4 Å². The lowest BCUT2D eigenvalue weighted by molar-refractivity contribution is -0.139. The molecule has 104 valence electrons. The van der Waals surface area contributed by atoms with E-state index in [1.54, 1.807) is 30.3 Å². The number of urea groups is 1. The molecule has 0 fully saturated rings. The maximum Gasteiger partial charge on any atom is 0.330 e. The first kappa shape index (κ1) is 15.0. The van der Waals surface area contributed by atoms with Gasteiger partial charge in [0.15, 0.2) is 6.04 Å². The molecule has 5 heteroatoms. The van der Waals surface area contributed by atoms with E-state index in [1.165, 1.54) is 0 Å². The number of amides is 2. The smallest absolute Gasteiger partial charge is 0.330 e. The second-order valence-corrected chi connectivity index (χ2v) is 5.57. The summed E-state index contributed by atoms with van der Waals surface area (Å²) in [5, 5.41) is 14.3. The summed E-state index contributed by atoms with van der Waals surface area (Å²) >= 11 is 0. The molecular formula is C14H20N2O3. The van der Waals surface area contributed by atoms with Crippen molar-refractivity contribution >= 4 is 12.0 Å². The van der Waals surface area contributed by atoms with Gasteiger partial charge in [0.05, 0.1) is 0 Å². The number of carboxylic acids is 1. The third-order valence-corrected chi connectivity index (χ3v) is 2.43. The number of carbonyl (C=O) groups excluding carboxylic acids is 1. The fourth-order valence-corrected chi connectivity index (χ4v) is 1.46. The van der Waals surface area contributed by atoms with Gasteiger partial charge in [-0.15, -0.1) is 0 Å². The van der Waals surface area contributed by atoms with Crippen LogP contribution in [-0.4, -0.2) is 23.7 Å². The summed E-state index contributed by atoms with van der Waals surface area (Å²) in [6, 6.07) is 7.08.